The van der Waals surface area contributed by atoms with E-state index in [2.05, 4.69) is 116 Å². The van der Waals surface area contributed by atoms with E-state index in [1.807, 2.05) is 27.2 Å². The van der Waals surface area contributed by atoms with Crippen LogP contribution in [0.1, 0.15) is 149 Å². The lowest BCUT2D eigenvalue weighted by molar-refractivity contribution is -0.870. The lowest BCUT2D eigenvalue weighted by Crippen LogP contribution is -2.45. The van der Waals surface area contributed by atoms with Gasteiger partial charge in [0.1, 0.15) is 13.2 Å². The van der Waals surface area contributed by atoms with E-state index in [9.17, 15) is 19.4 Å². The Bertz CT molecular complexity index is 1320. The molecule has 0 rings (SSSR count). The van der Waals surface area contributed by atoms with Crippen LogP contribution >= 0.6 is 7.82 Å². The van der Waals surface area contributed by atoms with Crippen molar-refractivity contribution >= 4 is 13.7 Å². The third-order valence-corrected chi connectivity index (χ3v) is 10.2. The highest BCUT2D eigenvalue weighted by Crippen LogP contribution is 2.38. The molecule has 3 atom stereocenters. The molecule has 0 aliphatic heterocycles. The number of unbranched alkanes of at least 4 members (excludes halogenated alkanes) is 10. The van der Waals surface area contributed by atoms with Gasteiger partial charge in [-0.05, 0) is 83.5 Å². The number of phosphoric ester groups is 1. The molecule has 336 valence electrons. The third kappa shape index (κ3) is 43.1. The molecule has 0 saturated heterocycles. The maximum Gasteiger partial charge on any atom is 0.268 e. The topological polar surface area (TPSA) is 108 Å². The predicted molar refractivity (Wildman–Crippen MR) is 251 cm³/mol. The Labute approximate surface area is 361 Å². The van der Waals surface area contributed by atoms with Crippen LogP contribution in [-0.2, 0) is 18.4 Å². The number of hydrogen-bond acceptors (Lipinski definition) is 6. The Hall–Kier alpha value is -2.84. The average Bonchev–Trinajstić information content (AvgIpc) is 3.19. The van der Waals surface area contributed by atoms with Gasteiger partial charge in [-0.1, -0.05) is 168 Å². The first-order valence-corrected chi connectivity index (χ1v) is 24.2. The molecule has 0 saturated carbocycles. The normalized spacial score (nSPS) is 15.3. The Morgan fingerprint density at radius 2 is 1.03 bits per heavy atom. The van der Waals surface area contributed by atoms with Gasteiger partial charge < -0.3 is 28.8 Å². The van der Waals surface area contributed by atoms with Crippen molar-refractivity contribution < 1.29 is 32.9 Å². The molecule has 0 aromatic carbocycles. The molecule has 9 heteroatoms. The highest BCUT2D eigenvalue weighted by Gasteiger charge is 2.23. The smallest absolute Gasteiger partial charge is 0.268 e. The van der Waals surface area contributed by atoms with Gasteiger partial charge in [-0.25, -0.2) is 0 Å². The van der Waals surface area contributed by atoms with E-state index >= 15 is 0 Å². The zero-order valence-electron chi connectivity index (χ0n) is 37.9. The molecule has 0 fully saturated rings. The van der Waals surface area contributed by atoms with E-state index in [1.165, 1.54) is 38.5 Å². The van der Waals surface area contributed by atoms with E-state index in [4.69, 9.17) is 9.05 Å². The molecule has 3 unspecified atom stereocenters. The summed E-state index contributed by atoms with van der Waals surface area (Å²) in [5.74, 6) is -0.248. The number of nitrogens with zero attached hydrogens (tertiary/aromatic N) is 1. The number of likely N-dealkylation sites (N-methyl/N-ethyl adjacent to an activating group) is 1. The number of amides is 1. The summed E-state index contributed by atoms with van der Waals surface area (Å²) in [6.07, 6.45) is 58.6. The number of allylic oxidation sites excluding steroid dienone is 17. The Morgan fingerprint density at radius 1 is 0.610 bits per heavy atom. The monoisotopic (exact) mass is 841 g/mol. The molecular formula is C50H85N2O6P. The number of quaternary nitrogens is 1. The van der Waals surface area contributed by atoms with E-state index in [0.29, 0.717) is 17.4 Å². The van der Waals surface area contributed by atoms with Crippen LogP contribution in [0.4, 0.5) is 0 Å². The van der Waals surface area contributed by atoms with Gasteiger partial charge in [-0.15, -0.1) is 0 Å². The first kappa shape index (κ1) is 56.2. The molecule has 0 heterocycles. The lowest BCUT2D eigenvalue weighted by Gasteiger charge is -2.29. The number of nitrogens with one attached hydrogen (secondary N) is 1. The largest absolute Gasteiger partial charge is 0.756 e. The van der Waals surface area contributed by atoms with Crippen LogP contribution in [0.5, 0.6) is 0 Å². The first-order valence-electron chi connectivity index (χ1n) is 22.7. The average molecular weight is 841 g/mol. The van der Waals surface area contributed by atoms with Crippen molar-refractivity contribution in [2.24, 2.45) is 0 Å². The van der Waals surface area contributed by atoms with Crippen molar-refractivity contribution in [3.05, 3.63) is 109 Å². The Morgan fingerprint density at radius 3 is 1.51 bits per heavy atom. The van der Waals surface area contributed by atoms with Crippen LogP contribution in [0.3, 0.4) is 0 Å². The lowest BCUT2D eigenvalue weighted by atomic mass is 10.1. The zero-order valence-corrected chi connectivity index (χ0v) is 38.8. The molecule has 1 amide bonds. The minimum atomic E-state index is -4.60. The summed E-state index contributed by atoms with van der Waals surface area (Å²) in [6.45, 7) is 4.44. The molecular weight excluding hydrogens is 756 g/mol. The van der Waals surface area contributed by atoms with Gasteiger partial charge in [-0.2, -0.15) is 0 Å². The quantitative estimate of drug-likeness (QED) is 0.0276. The number of carbonyl (C=O) groups is 1. The molecule has 0 bridgehead atoms. The van der Waals surface area contributed by atoms with E-state index in [0.717, 1.165) is 83.5 Å². The zero-order chi connectivity index (χ0) is 43.6. The summed E-state index contributed by atoms with van der Waals surface area (Å²) in [4.78, 5) is 25.2. The SMILES string of the molecule is CC/C=C\C/C=C\C/C=C\C/C=C\C/C=C\C/C=C\C/C=C\C/C=C\CCCCC(=O)NC(COP(=O)([O-])OCC[N+](C)(C)C)C(O)/C=C/CCCCCCCCCC. The van der Waals surface area contributed by atoms with Gasteiger partial charge >= 0.3 is 0 Å². The van der Waals surface area contributed by atoms with Gasteiger partial charge in [0.2, 0.25) is 5.91 Å². The van der Waals surface area contributed by atoms with Crippen LogP contribution in [0.2, 0.25) is 0 Å². The fourth-order valence-corrected chi connectivity index (χ4v) is 6.36. The summed E-state index contributed by atoms with van der Waals surface area (Å²) in [5, 5.41) is 13.7. The summed E-state index contributed by atoms with van der Waals surface area (Å²) in [6, 6.07) is -0.916. The van der Waals surface area contributed by atoms with Crippen LogP contribution in [-0.4, -0.2) is 68.5 Å². The third-order valence-electron chi connectivity index (χ3n) is 9.24. The second-order valence-corrected chi connectivity index (χ2v) is 17.4. The van der Waals surface area contributed by atoms with Gasteiger partial charge in [0, 0.05) is 6.42 Å². The molecule has 0 radical (unpaired) electrons. The van der Waals surface area contributed by atoms with Crippen molar-refractivity contribution in [3.8, 4) is 0 Å². The minimum absolute atomic E-state index is 0.0164. The van der Waals surface area contributed by atoms with Crippen LogP contribution < -0.4 is 10.2 Å². The Balaban J connectivity index is 4.41. The van der Waals surface area contributed by atoms with Crippen molar-refractivity contribution in [2.45, 2.75) is 161 Å². The van der Waals surface area contributed by atoms with Crippen molar-refractivity contribution in [1.29, 1.82) is 0 Å². The van der Waals surface area contributed by atoms with Crippen molar-refractivity contribution in [3.63, 3.8) is 0 Å². The highest BCUT2D eigenvalue weighted by atomic mass is 31.2. The summed E-state index contributed by atoms with van der Waals surface area (Å²) in [7, 11) is 1.21. The van der Waals surface area contributed by atoms with Crippen LogP contribution in [0.15, 0.2) is 109 Å². The van der Waals surface area contributed by atoms with E-state index in [1.54, 1.807) is 6.08 Å². The summed E-state index contributed by atoms with van der Waals surface area (Å²) < 4.78 is 23.1. The molecule has 0 aromatic rings. The first-order chi connectivity index (χ1) is 28.5. The van der Waals surface area contributed by atoms with Gasteiger partial charge in [-0.3, -0.25) is 9.36 Å². The van der Waals surface area contributed by atoms with Crippen LogP contribution in [0, 0.1) is 0 Å². The van der Waals surface area contributed by atoms with Crippen molar-refractivity contribution in [2.75, 3.05) is 40.9 Å². The number of aliphatic hydroxyl groups is 1. The fourth-order valence-electron chi connectivity index (χ4n) is 5.64. The molecule has 8 nitrogen and oxygen atoms in total. The standard InChI is InChI=1S/C50H85N2O6P/c1-6-8-10-12-14-16-18-19-20-21-22-23-24-25-26-27-28-29-30-31-32-33-34-36-38-40-42-44-50(54)51-48(47-58-59(55,56)57-46-45-52(3,4)5)49(53)43-41-39-37-35-17-15-13-11-9-7-2/h8,10,14,16,19-20,22-23,25-26,28-29,31-32,34,36,41,43,48-49,53H,6-7,9,11-13,15,17-18,21,24,27,30,33,35,37-40,42,44-47H2,1-5H3,(H-,51,54,55,56)/b10-8-,16-14-,20-19-,23-22-,26-25-,29-28-,32-31-,36-34-,43-41+. The maximum absolute atomic E-state index is 12.8. The van der Waals surface area contributed by atoms with Gasteiger partial charge in [0.25, 0.3) is 7.82 Å². The summed E-state index contributed by atoms with van der Waals surface area (Å²) in [5.41, 5.74) is 0. The van der Waals surface area contributed by atoms with Gasteiger partial charge in [0.15, 0.2) is 0 Å². The second-order valence-electron chi connectivity index (χ2n) is 16.0. The summed E-state index contributed by atoms with van der Waals surface area (Å²) >= 11 is 0. The molecule has 2 N–H and O–H groups in total. The van der Waals surface area contributed by atoms with E-state index in [-0.39, 0.29) is 18.9 Å². The number of aliphatic hydroxyl groups excluding tert-OH is 1. The second kappa shape index (κ2) is 40.6. The van der Waals surface area contributed by atoms with Crippen LogP contribution in [0.25, 0.3) is 0 Å². The van der Waals surface area contributed by atoms with Gasteiger partial charge in [0.05, 0.1) is 39.9 Å². The molecule has 0 spiro atoms. The van der Waals surface area contributed by atoms with Crippen molar-refractivity contribution in [1.82, 2.24) is 5.32 Å². The molecule has 0 aromatic heterocycles. The predicted octanol–water partition coefficient (Wildman–Crippen LogP) is 12.3. The maximum atomic E-state index is 12.8. The fraction of sp³-hybridized carbons (Fsp3) is 0.620. The molecule has 59 heavy (non-hydrogen) atoms. The van der Waals surface area contributed by atoms with E-state index < -0.39 is 26.6 Å². The Kier molecular flexibility index (Phi) is 38.6. The molecule has 0 aliphatic carbocycles. The number of hydrogen-bond donors (Lipinski definition) is 2. The number of rotatable bonds is 39. The number of phosphoric acid groups is 1. The number of carbonyl (C=O) groups excluding carboxylic acids is 1. The highest BCUT2D eigenvalue weighted by molar-refractivity contribution is 7.45. The minimum Gasteiger partial charge on any atom is -0.756 e. The molecule has 0 aliphatic rings.